The molecule has 1 heterocycles. The Morgan fingerprint density at radius 3 is 2.28 bits per heavy atom. The van der Waals surface area contributed by atoms with Gasteiger partial charge >= 0.3 is 6.18 Å². The SMILES string of the molecule is Cl.Cl.Nc1cccc(C(=O)N2CCCN(Cc3ccc(C(F)(F)F)cc3)CC2)c1. The summed E-state index contributed by atoms with van der Waals surface area (Å²) in [6.07, 6.45) is -3.50. The lowest BCUT2D eigenvalue weighted by Gasteiger charge is -2.22. The van der Waals surface area contributed by atoms with Crippen molar-refractivity contribution in [2.24, 2.45) is 0 Å². The van der Waals surface area contributed by atoms with Crippen molar-refractivity contribution in [3.63, 3.8) is 0 Å². The summed E-state index contributed by atoms with van der Waals surface area (Å²) in [6.45, 7) is 3.26. The van der Waals surface area contributed by atoms with Crippen molar-refractivity contribution in [1.82, 2.24) is 9.80 Å². The number of hydrogen-bond donors (Lipinski definition) is 1. The number of benzene rings is 2. The monoisotopic (exact) mass is 449 g/mol. The topological polar surface area (TPSA) is 49.6 Å². The van der Waals surface area contributed by atoms with Gasteiger partial charge < -0.3 is 10.6 Å². The summed E-state index contributed by atoms with van der Waals surface area (Å²) < 4.78 is 38.0. The van der Waals surface area contributed by atoms with Gasteiger partial charge in [0.2, 0.25) is 0 Å². The minimum Gasteiger partial charge on any atom is -0.399 e. The first-order valence-electron chi connectivity index (χ1n) is 8.86. The van der Waals surface area contributed by atoms with Crippen molar-refractivity contribution >= 4 is 36.4 Å². The predicted octanol–water partition coefficient (Wildman–Crippen LogP) is 4.48. The molecular weight excluding hydrogens is 426 g/mol. The Morgan fingerprint density at radius 1 is 0.966 bits per heavy atom. The van der Waals surface area contributed by atoms with E-state index in [4.69, 9.17) is 5.73 Å². The first-order chi connectivity index (χ1) is 12.8. The molecule has 0 radical (unpaired) electrons. The standard InChI is InChI=1S/C20H22F3N3O.2ClH/c21-20(22,23)17-7-5-15(6-8-17)14-25-9-2-10-26(12-11-25)19(27)16-3-1-4-18(24)13-16;;/h1,3-8,13H,2,9-12,14,24H2;2*1H. The van der Waals surface area contributed by atoms with Crippen molar-refractivity contribution in [1.29, 1.82) is 0 Å². The van der Waals surface area contributed by atoms with E-state index in [2.05, 4.69) is 4.90 Å². The van der Waals surface area contributed by atoms with Gasteiger partial charge in [0.25, 0.3) is 5.91 Å². The number of amides is 1. The fourth-order valence-corrected chi connectivity index (χ4v) is 3.24. The molecule has 0 saturated carbocycles. The number of nitrogens with two attached hydrogens (primary N) is 1. The highest BCUT2D eigenvalue weighted by Gasteiger charge is 2.30. The minimum absolute atomic E-state index is 0. The highest BCUT2D eigenvalue weighted by molar-refractivity contribution is 5.95. The predicted molar refractivity (Wildman–Crippen MR) is 113 cm³/mol. The van der Waals surface area contributed by atoms with E-state index in [1.165, 1.54) is 12.1 Å². The smallest absolute Gasteiger partial charge is 0.399 e. The second-order valence-corrected chi connectivity index (χ2v) is 6.74. The molecule has 2 N–H and O–H groups in total. The summed E-state index contributed by atoms with van der Waals surface area (Å²) in [5, 5.41) is 0. The van der Waals surface area contributed by atoms with E-state index in [1.54, 1.807) is 24.3 Å². The number of alkyl halides is 3. The van der Waals surface area contributed by atoms with Crippen LogP contribution in [0, 0.1) is 0 Å². The number of carbonyl (C=O) groups is 1. The van der Waals surface area contributed by atoms with E-state index < -0.39 is 11.7 Å². The van der Waals surface area contributed by atoms with Crippen LogP contribution in [0.15, 0.2) is 48.5 Å². The van der Waals surface area contributed by atoms with Crippen molar-refractivity contribution in [2.45, 2.75) is 19.1 Å². The molecule has 9 heteroatoms. The molecule has 2 aromatic rings. The third-order valence-electron chi connectivity index (χ3n) is 4.70. The molecule has 1 amide bonds. The molecule has 2 aromatic carbocycles. The van der Waals surface area contributed by atoms with Gasteiger partial charge in [-0.2, -0.15) is 13.2 Å². The number of rotatable bonds is 3. The molecule has 0 spiro atoms. The van der Waals surface area contributed by atoms with E-state index >= 15 is 0 Å². The van der Waals surface area contributed by atoms with Crippen molar-refractivity contribution in [2.75, 3.05) is 31.9 Å². The lowest BCUT2D eigenvalue weighted by Crippen LogP contribution is -2.35. The second kappa shape index (κ2) is 10.7. The Balaban J connectivity index is 0.00000210. The maximum Gasteiger partial charge on any atom is 0.416 e. The molecule has 0 aromatic heterocycles. The molecule has 1 aliphatic rings. The summed E-state index contributed by atoms with van der Waals surface area (Å²) in [5.74, 6) is -0.0429. The normalized spacial score (nSPS) is 15.1. The minimum atomic E-state index is -4.32. The van der Waals surface area contributed by atoms with Gasteiger partial charge in [-0.05, 0) is 42.3 Å². The van der Waals surface area contributed by atoms with Crippen LogP contribution in [0.4, 0.5) is 18.9 Å². The molecule has 4 nitrogen and oxygen atoms in total. The van der Waals surface area contributed by atoms with Crippen LogP contribution in [0.2, 0.25) is 0 Å². The molecule has 160 valence electrons. The Morgan fingerprint density at radius 2 is 1.66 bits per heavy atom. The Labute approximate surface area is 180 Å². The summed E-state index contributed by atoms with van der Waals surface area (Å²) in [7, 11) is 0. The van der Waals surface area contributed by atoms with Gasteiger partial charge in [-0.25, -0.2) is 0 Å². The number of hydrogen-bond acceptors (Lipinski definition) is 3. The molecular formula is C20H24Cl2F3N3O. The third-order valence-corrected chi connectivity index (χ3v) is 4.70. The van der Waals surface area contributed by atoms with Crippen molar-refractivity contribution in [3.8, 4) is 0 Å². The third kappa shape index (κ3) is 6.80. The van der Waals surface area contributed by atoms with Gasteiger partial charge in [0.05, 0.1) is 5.56 Å². The first kappa shape index (κ1) is 25.1. The fourth-order valence-electron chi connectivity index (χ4n) is 3.24. The average molecular weight is 450 g/mol. The Kier molecular flexibility index (Phi) is 9.26. The van der Waals surface area contributed by atoms with Crippen LogP contribution < -0.4 is 5.73 Å². The summed E-state index contributed by atoms with van der Waals surface area (Å²) in [6, 6.07) is 12.2. The zero-order chi connectivity index (χ0) is 19.4. The number of anilines is 1. The Bertz CT molecular complexity index is 800. The number of carbonyl (C=O) groups excluding carboxylic acids is 1. The van der Waals surface area contributed by atoms with Gasteiger partial charge in [0, 0.05) is 44.0 Å². The van der Waals surface area contributed by atoms with E-state index in [1.807, 2.05) is 4.90 Å². The van der Waals surface area contributed by atoms with E-state index in [0.717, 1.165) is 30.7 Å². The number of halogens is 5. The highest BCUT2D eigenvalue weighted by Crippen LogP contribution is 2.29. The molecule has 0 aliphatic carbocycles. The lowest BCUT2D eigenvalue weighted by atomic mass is 10.1. The van der Waals surface area contributed by atoms with Gasteiger partial charge in [-0.1, -0.05) is 18.2 Å². The van der Waals surface area contributed by atoms with Gasteiger partial charge in [0.15, 0.2) is 0 Å². The molecule has 0 unspecified atom stereocenters. The maximum absolute atomic E-state index is 12.7. The molecule has 3 rings (SSSR count). The van der Waals surface area contributed by atoms with Crippen LogP contribution in [-0.2, 0) is 12.7 Å². The van der Waals surface area contributed by atoms with Gasteiger partial charge in [-0.15, -0.1) is 24.8 Å². The zero-order valence-electron chi connectivity index (χ0n) is 15.7. The first-order valence-corrected chi connectivity index (χ1v) is 8.86. The van der Waals surface area contributed by atoms with Crippen molar-refractivity contribution in [3.05, 3.63) is 65.2 Å². The molecule has 1 saturated heterocycles. The van der Waals surface area contributed by atoms with E-state index in [9.17, 15) is 18.0 Å². The molecule has 1 aliphatic heterocycles. The lowest BCUT2D eigenvalue weighted by molar-refractivity contribution is -0.137. The summed E-state index contributed by atoms with van der Waals surface area (Å²) >= 11 is 0. The number of nitrogens with zero attached hydrogens (tertiary/aromatic N) is 2. The van der Waals surface area contributed by atoms with Crippen LogP contribution in [0.5, 0.6) is 0 Å². The fraction of sp³-hybridized carbons (Fsp3) is 0.350. The van der Waals surface area contributed by atoms with Crippen LogP contribution in [0.1, 0.15) is 27.9 Å². The number of nitrogen functional groups attached to an aromatic ring is 1. The van der Waals surface area contributed by atoms with Gasteiger partial charge in [-0.3, -0.25) is 9.69 Å². The quantitative estimate of drug-likeness (QED) is 0.702. The largest absolute Gasteiger partial charge is 0.416 e. The average Bonchev–Trinajstić information content (AvgIpc) is 2.86. The van der Waals surface area contributed by atoms with Crippen LogP contribution in [0.25, 0.3) is 0 Å². The summed E-state index contributed by atoms with van der Waals surface area (Å²) in [5.41, 5.74) is 7.08. The van der Waals surface area contributed by atoms with E-state index in [-0.39, 0.29) is 30.7 Å². The summed E-state index contributed by atoms with van der Waals surface area (Å²) in [4.78, 5) is 16.6. The van der Waals surface area contributed by atoms with Crippen LogP contribution in [0.3, 0.4) is 0 Å². The Hall–Kier alpha value is -1.96. The maximum atomic E-state index is 12.7. The molecule has 1 fully saturated rings. The van der Waals surface area contributed by atoms with Crippen LogP contribution >= 0.6 is 24.8 Å². The zero-order valence-corrected chi connectivity index (χ0v) is 17.3. The second-order valence-electron chi connectivity index (χ2n) is 6.74. The van der Waals surface area contributed by atoms with Crippen LogP contribution in [-0.4, -0.2) is 41.9 Å². The highest BCUT2D eigenvalue weighted by atomic mass is 35.5. The van der Waals surface area contributed by atoms with E-state index in [0.29, 0.717) is 37.4 Å². The molecule has 0 atom stereocenters. The van der Waals surface area contributed by atoms with Gasteiger partial charge in [0.1, 0.15) is 0 Å². The van der Waals surface area contributed by atoms with Crippen molar-refractivity contribution < 1.29 is 18.0 Å². The molecule has 29 heavy (non-hydrogen) atoms. The molecule has 0 bridgehead atoms.